The zero-order valence-electron chi connectivity index (χ0n) is 19.3. The number of piperidine rings is 1. The van der Waals surface area contributed by atoms with E-state index in [0.29, 0.717) is 17.1 Å². The fraction of sp³-hybridized carbons (Fsp3) is 0.609. The van der Waals surface area contributed by atoms with Crippen molar-refractivity contribution in [2.24, 2.45) is 5.92 Å². The molecule has 1 N–H and O–H groups in total. The summed E-state index contributed by atoms with van der Waals surface area (Å²) in [6, 6.07) is 4.12. The van der Waals surface area contributed by atoms with Crippen LogP contribution in [0.15, 0.2) is 18.2 Å². The van der Waals surface area contributed by atoms with Gasteiger partial charge in [0.05, 0.1) is 14.2 Å². The number of nitrogens with one attached hydrogen (secondary N) is 1. The third-order valence-electron chi connectivity index (χ3n) is 5.64. The van der Waals surface area contributed by atoms with Gasteiger partial charge in [-0.1, -0.05) is 13.8 Å². The summed E-state index contributed by atoms with van der Waals surface area (Å²) < 4.78 is 15.7. The number of hydrogen-bond donors (Lipinski definition) is 1. The van der Waals surface area contributed by atoms with Crippen LogP contribution in [0.25, 0.3) is 0 Å². The molecule has 1 aromatic carbocycles. The Labute approximate surface area is 184 Å². The van der Waals surface area contributed by atoms with Crippen LogP contribution in [-0.2, 0) is 14.3 Å². The molecular weight excluding hydrogens is 400 g/mol. The summed E-state index contributed by atoms with van der Waals surface area (Å²) in [7, 11) is 2.98. The molecule has 1 aromatic rings. The van der Waals surface area contributed by atoms with E-state index in [9.17, 15) is 14.4 Å². The number of nitrogens with zero attached hydrogens (tertiary/aromatic N) is 1. The molecule has 0 spiro atoms. The highest BCUT2D eigenvalue weighted by Crippen LogP contribution is 2.24. The molecule has 2 rings (SSSR count). The topological polar surface area (TPSA) is 94.2 Å². The Kier molecular flexibility index (Phi) is 8.71. The largest absolute Gasteiger partial charge is 0.497 e. The molecule has 1 heterocycles. The van der Waals surface area contributed by atoms with Gasteiger partial charge >= 0.3 is 5.97 Å². The highest BCUT2D eigenvalue weighted by Gasteiger charge is 2.31. The second-order valence-corrected chi connectivity index (χ2v) is 8.33. The molecule has 0 bridgehead atoms. The second-order valence-electron chi connectivity index (χ2n) is 8.33. The van der Waals surface area contributed by atoms with Crippen molar-refractivity contribution in [2.45, 2.75) is 65.1 Å². The van der Waals surface area contributed by atoms with Gasteiger partial charge in [0.1, 0.15) is 17.5 Å². The average molecular weight is 435 g/mol. The first-order valence-corrected chi connectivity index (χ1v) is 10.7. The van der Waals surface area contributed by atoms with Crippen molar-refractivity contribution in [1.82, 2.24) is 10.2 Å². The van der Waals surface area contributed by atoms with Crippen LogP contribution in [0.5, 0.6) is 11.5 Å². The Morgan fingerprint density at radius 2 is 1.58 bits per heavy atom. The minimum Gasteiger partial charge on any atom is -0.497 e. The summed E-state index contributed by atoms with van der Waals surface area (Å²) >= 11 is 0. The lowest BCUT2D eigenvalue weighted by Gasteiger charge is -2.39. The van der Waals surface area contributed by atoms with Gasteiger partial charge in [-0.2, -0.15) is 0 Å². The molecule has 8 heteroatoms. The lowest BCUT2D eigenvalue weighted by atomic mass is 9.97. The van der Waals surface area contributed by atoms with Crippen molar-refractivity contribution in [3.8, 4) is 11.5 Å². The first-order chi connectivity index (χ1) is 14.7. The molecule has 3 unspecified atom stereocenters. The molecule has 3 atom stereocenters. The van der Waals surface area contributed by atoms with Gasteiger partial charge in [-0.15, -0.1) is 0 Å². The van der Waals surface area contributed by atoms with Gasteiger partial charge in [0.15, 0.2) is 6.61 Å². The Bertz CT molecular complexity index is 762. The molecule has 1 saturated heterocycles. The predicted octanol–water partition coefficient (Wildman–Crippen LogP) is 2.79. The van der Waals surface area contributed by atoms with Gasteiger partial charge in [-0.3, -0.25) is 9.59 Å². The molecule has 172 valence electrons. The van der Waals surface area contributed by atoms with Crippen LogP contribution in [0.3, 0.4) is 0 Å². The van der Waals surface area contributed by atoms with E-state index in [2.05, 4.69) is 5.32 Å². The molecule has 31 heavy (non-hydrogen) atoms. The molecule has 0 aromatic heterocycles. The highest BCUT2D eigenvalue weighted by atomic mass is 16.5. The summed E-state index contributed by atoms with van der Waals surface area (Å²) in [5, 5.41) is 2.71. The standard InChI is InChI=1S/C23H34N2O6/c1-14(2)21(24-22(27)17-10-18(29-5)12-19(11-17)30-6)23(28)31-13-20(26)25-15(3)8-7-9-16(25)4/h10-12,14-16,21H,7-9,13H2,1-6H3,(H,24,27). The Morgan fingerprint density at radius 3 is 2.06 bits per heavy atom. The summed E-state index contributed by atoms with van der Waals surface area (Å²) in [5.41, 5.74) is 0.293. The number of ether oxygens (including phenoxy) is 3. The fourth-order valence-electron chi connectivity index (χ4n) is 3.87. The van der Waals surface area contributed by atoms with Crippen molar-refractivity contribution in [3.63, 3.8) is 0 Å². The molecule has 1 aliphatic heterocycles. The minimum absolute atomic E-state index is 0.124. The maximum absolute atomic E-state index is 12.8. The average Bonchev–Trinajstić information content (AvgIpc) is 2.74. The smallest absolute Gasteiger partial charge is 0.329 e. The number of amides is 2. The van der Waals surface area contributed by atoms with Gasteiger partial charge < -0.3 is 24.4 Å². The summed E-state index contributed by atoms with van der Waals surface area (Å²) in [6.07, 6.45) is 2.97. The molecule has 1 fully saturated rings. The summed E-state index contributed by atoms with van der Waals surface area (Å²) in [4.78, 5) is 39.9. The van der Waals surface area contributed by atoms with Crippen LogP contribution < -0.4 is 14.8 Å². The van der Waals surface area contributed by atoms with Crippen LogP contribution in [-0.4, -0.2) is 61.6 Å². The van der Waals surface area contributed by atoms with E-state index in [4.69, 9.17) is 14.2 Å². The van der Waals surface area contributed by atoms with E-state index in [1.807, 2.05) is 13.8 Å². The van der Waals surface area contributed by atoms with Gasteiger partial charge in [-0.25, -0.2) is 4.79 Å². The van der Waals surface area contributed by atoms with Crippen LogP contribution in [0.4, 0.5) is 0 Å². The fourth-order valence-corrected chi connectivity index (χ4v) is 3.87. The Morgan fingerprint density at radius 1 is 1.03 bits per heavy atom. The number of hydrogen-bond acceptors (Lipinski definition) is 6. The van der Waals surface area contributed by atoms with Crippen molar-refractivity contribution < 1.29 is 28.6 Å². The summed E-state index contributed by atoms with van der Waals surface area (Å²) in [6.45, 7) is 7.29. The number of rotatable bonds is 8. The van der Waals surface area contributed by atoms with Gasteiger partial charge in [0.2, 0.25) is 0 Å². The van der Waals surface area contributed by atoms with E-state index >= 15 is 0 Å². The zero-order valence-corrected chi connectivity index (χ0v) is 19.3. The van der Waals surface area contributed by atoms with Gasteiger partial charge in [-0.05, 0) is 51.2 Å². The Balaban J connectivity index is 2.04. The van der Waals surface area contributed by atoms with Crippen molar-refractivity contribution in [1.29, 1.82) is 0 Å². The van der Waals surface area contributed by atoms with Gasteiger partial charge in [0.25, 0.3) is 11.8 Å². The number of esters is 1. The first kappa shape index (κ1) is 24.5. The van der Waals surface area contributed by atoms with E-state index in [0.717, 1.165) is 19.3 Å². The van der Waals surface area contributed by atoms with Crippen molar-refractivity contribution >= 4 is 17.8 Å². The summed E-state index contributed by atoms with van der Waals surface area (Å²) in [5.74, 6) is -0.611. The number of benzene rings is 1. The Hall–Kier alpha value is -2.77. The third kappa shape index (κ3) is 6.35. The van der Waals surface area contributed by atoms with Crippen molar-refractivity contribution in [2.75, 3.05) is 20.8 Å². The van der Waals surface area contributed by atoms with E-state index < -0.39 is 17.9 Å². The molecule has 0 radical (unpaired) electrons. The molecule has 8 nitrogen and oxygen atoms in total. The number of methoxy groups -OCH3 is 2. The maximum atomic E-state index is 12.8. The quantitative estimate of drug-likeness (QED) is 0.633. The van der Waals surface area contributed by atoms with Crippen molar-refractivity contribution in [3.05, 3.63) is 23.8 Å². The van der Waals surface area contributed by atoms with Crippen LogP contribution in [0.1, 0.15) is 57.3 Å². The second kappa shape index (κ2) is 11.0. The lowest BCUT2D eigenvalue weighted by molar-refractivity contribution is -0.157. The normalized spacial score (nSPS) is 19.5. The minimum atomic E-state index is -0.895. The van der Waals surface area contributed by atoms with Crippen LogP contribution >= 0.6 is 0 Å². The number of carbonyl (C=O) groups excluding carboxylic acids is 3. The maximum Gasteiger partial charge on any atom is 0.329 e. The molecule has 0 aliphatic carbocycles. The van der Waals surface area contributed by atoms with E-state index in [1.165, 1.54) is 14.2 Å². The first-order valence-electron chi connectivity index (χ1n) is 10.7. The monoisotopic (exact) mass is 434 g/mol. The van der Waals surface area contributed by atoms with Crippen LogP contribution in [0, 0.1) is 5.92 Å². The molecule has 1 aliphatic rings. The highest BCUT2D eigenvalue weighted by molar-refractivity contribution is 5.97. The predicted molar refractivity (Wildman–Crippen MR) is 116 cm³/mol. The van der Waals surface area contributed by atoms with Crippen LogP contribution in [0.2, 0.25) is 0 Å². The SMILES string of the molecule is COc1cc(OC)cc(C(=O)NC(C(=O)OCC(=O)N2C(C)CCCC2C)C(C)C)c1. The van der Waals surface area contributed by atoms with Gasteiger partial charge in [0, 0.05) is 23.7 Å². The lowest BCUT2D eigenvalue weighted by Crippen LogP contribution is -2.50. The zero-order chi connectivity index (χ0) is 23.1. The van der Waals surface area contributed by atoms with E-state index in [1.54, 1.807) is 36.9 Å². The number of likely N-dealkylation sites (tertiary alicyclic amines) is 1. The number of carbonyl (C=O) groups is 3. The molecule has 0 saturated carbocycles. The van der Waals surface area contributed by atoms with E-state index in [-0.39, 0.29) is 30.5 Å². The third-order valence-corrected chi connectivity index (χ3v) is 5.64. The molecule has 2 amide bonds. The molecular formula is C23H34N2O6.